The summed E-state index contributed by atoms with van der Waals surface area (Å²) < 4.78 is 0. The van der Waals surface area contributed by atoms with Gasteiger partial charge in [0.25, 0.3) is 0 Å². The van der Waals surface area contributed by atoms with Gasteiger partial charge in [0.15, 0.2) is 0 Å². The molecule has 1 saturated heterocycles. The number of rotatable bonds is 7. The zero-order valence-corrected chi connectivity index (χ0v) is 17.9. The van der Waals surface area contributed by atoms with Crippen LogP contribution in [0.25, 0.3) is 0 Å². The molecule has 1 aliphatic carbocycles. The maximum atomic E-state index is 12.6. The van der Waals surface area contributed by atoms with Gasteiger partial charge in [-0.3, -0.25) is 14.6 Å². The van der Waals surface area contributed by atoms with Gasteiger partial charge in [-0.2, -0.15) is 0 Å². The lowest BCUT2D eigenvalue weighted by molar-refractivity contribution is -0.132. The van der Waals surface area contributed by atoms with Gasteiger partial charge in [-0.1, -0.05) is 35.9 Å². The van der Waals surface area contributed by atoms with E-state index in [1.165, 1.54) is 0 Å². The van der Waals surface area contributed by atoms with Gasteiger partial charge in [0.05, 0.1) is 0 Å². The van der Waals surface area contributed by atoms with Crippen LogP contribution in [0.2, 0.25) is 5.02 Å². The summed E-state index contributed by atoms with van der Waals surface area (Å²) >= 11 is 6.19. The van der Waals surface area contributed by atoms with Gasteiger partial charge in [-0.25, -0.2) is 0 Å². The van der Waals surface area contributed by atoms with E-state index >= 15 is 0 Å². The van der Waals surface area contributed by atoms with Crippen LogP contribution >= 0.6 is 11.6 Å². The number of halogens is 1. The van der Waals surface area contributed by atoms with Crippen LogP contribution in [0.5, 0.6) is 0 Å². The third-order valence-electron chi connectivity index (χ3n) is 6.59. The van der Waals surface area contributed by atoms with Gasteiger partial charge >= 0.3 is 0 Å². The molecule has 5 nitrogen and oxygen atoms in total. The number of aryl methyl sites for hydroxylation is 1. The monoisotopic (exact) mass is 425 g/mol. The SMILES string of the molecule is O=C(NCCc1ccccn1)C1CC12CCN(C(=O)CCc1ccccc1Cl)CC2. The maximum absolute atomic E-state index is 12.6. The Labute approximate surface area is 182 Å². The largest absolute Gasteiger partial charge is 0.355 e. The number of aromatic nitrogens is 1. The van der Waals surface area contributed by atoms with E-state index in [9.17, 15) is 9.59 Å². The number of benzene rings is 1. The molecule has 1 aliphatic heterocycles. The van der Waals surface area contributed by atoms with Gasteiger partial charge < -0.3 is 10.2 Å². The Morgan fingerprint density at radius 2 is 1.87 bits per heavy atom. The summed E-state index contributed by atoms with van der Waals surface area (Å²) in [6, 6.07) is 13.5. The van der Waals surface area contributed by atoms with E-state index in [1.54, 1.807) is 6.20 Å². The van der Waals surface area contributed by atoms with Crippen LogP contribution in [0.1, 0.15) is 36.9 Å². The van der Waals surface area contributed by atoms with Crippen LogP contribution in [0.3, 0.4) is 0 Å². The smallest absolute Gasteiger partial charge is 0.223 e. The van der Waals surface area contributed by atoms with Gasteiger partial charge in [0, 0.05) is 55.3 Å². The van der Waals surface area contributed by atoms with E-state index in [0.29, 0.717) is 19.4 Å². The number of carbonyl (C=O) groups excluding carboxylic acids is 2. The molecule has 1 aromatic heterocycles. The van der Waals surface area contributed by atoms with Crippen molar-refractivity contribution in [1.29, 1.82) is 0 Å². The van der Waals surface area contributed by atoms with Crippen LogP contribution in [-0.4, -0.2) is 41.3 Å². The van der Waals surface area contributed by atoms with Crippen molar-refractivity contribution in [3.63, 3.8) is 0 Å². The fourth-order valence-electron chi connectivity index (χ4n) is 4.56. The molecule has 2 heterocycles. The van der Waals surface area contributed by atoms with Crippen molar-refractivity contribution in [2.45, 2.75) is 38.5 Å². The van der Waals surface area contributed by atoms with Crippen molar-refractivity contribution in [3.05, 3.63) is 64.9 Å². The Morgan fingerprint density at radius 3 is 2.60 bits per heavy atom. The molecule has 1 atom stereocenters. The van der Waals surface area contributed by atoms with Crippen LogP contribution in [-0.2, 0) is 22.4 Å². The third kappa shape index (κ3) is 4.84. The van der Waals surface area contributed by atoms with Gasteiger partial charge in [-0.15, -0.1) is 0 Å². The van der Waals surface area contributed by atoms with Gasteiger partial charge in [0.1, 0.15) is 0 Å². The van der Waals surface area contributed by atoms with Crippen molar-refractivity contribution >= 4 is 23.4 Å². The molecular weight excluding hydrogens is 398 g/mol. The van der Waals surface area contributed by atoms with E-state index in [2.05, 4.69) is 10.3 Å². The molecule has 4 rings (SSSR count). The standard InChI is InChI=1S/C24H28ClN3O2/c25-21-7-2-1-5-18(21)8-9-22(29)28-15-11-24(12-16-28)17-20(24)23(30)27-14-10-19-6-3-4-13-26-19/h1-7,13,20H,8-12,14-17H2,(H,27,30). The molecule has 1 spiro atoms. The summed E-state index contributed by atoms with van der Waals surface area (Å²) in [5.74, 6) is 0.438. The topological polar surface area (TPSA) is 62.3 Å². The van der Waals surface area contributed by atoms with Crippen molar-refractivity contribution in [2.75, 3.05) is 19.6 Å². The lowest BCUT2D eigenvalue weighted by Gasteiger charge is -2.33. The number of amides is 2. The van der Waals surface area contributed by atoms with E-state index < -0.39 is 0 Å². The highest BCUT2D eigenvalue weighted by atomic mass is 35.5. The molecule has 0 radical (unpaired) electrons. The van der Waals surface area contributed by atoms with Crippen molar-refractivity contribution in [3.8, 4) is 0 Å². The van der Waals surface area contributed by atoms with Crippen molar-refractivity contribution < 1.29 is 9.59 Å². The van der Waals surface area contributed by atoms with Crippen LogP contribution in [0.15, 0.2) is 48.7 Å². The second kappa shape index (κ2) is 9.17. The minimum Gasteiger partial charge on any atom is -0.355 e. The van der Waals surface area contributed by atoms with E-state index in [0.717, 1.165) is 55.1 Å². The predicted octanol–water partition coefficient (Wildman–Crippen LogP) is 3.66. The first-order chi connectivity index (χ1) is 14.6. The Balaban J connectivity index is 1.18. The number of pyridine rings is 1. The summed E-state index contributed by atoms with van der Waals surface area (Å²) in [6.07, 6.45) is 6.46. The second-order valence-electron chi connectivity index (χ2n) is 8.45. The minimum atomic E-state index is 0.0987. The quantitative estimate of drug-likeness (QED) is 0.736. The average molecular weight is 426 g/mol. The lowest BCUT2D eigenvalue weighted by atomic mass is 9.90. The molecule has 2 amide bonds. The highest BCUT2D eigenvalue weighted by Crippen LogP contribution is 2.59. The molecule has 6 heteroatoms. The Morgan fingerprint density at radius 1 is 1.10 bits per heavy atom. The van der Waals surface area contributed by atoms with Crippen molar-refractivity contribution in [1.82, 2.24) is 15.2 Å². The maximum Gasteiger partial charge on any atom is 0.223 e. The predicted molar refractivity (Wildman–Crippen MR) is 117 cm³/mol. The van der Waals surface area contributed by atoms with Gasteiger partial charge in [0.2, 0.25) is 11.8 Å². The summed E-state index contributed by atoms with van der Waals surface area (Å²) in [6.45, 7) is 2.12. The molecule has 30 heavy (non-hydrogen) atoms. The molecule has 2 aromatic rings. The lowest BCUT2D eigenvalue weighted by Crippen LogP contribution is -2.40. The number of carbonyl (C=O) groups is 2. The molecular formula is C24H28ClN3O2. The summed E-state index contributed by atoms with van der Waals surface area (Å²) in [5.41, 5.74) is 2.12. The zero-order valence-electron chi connectivity index (χ0n) is 17.1. The van der Waals surface area contributed by atoms with E-state index in [4.69, 9.17) is 11.6 Å². The number of likely N-dealkylation sites (tertiary alicyclic amines) is 1. The molecule has 1 aromatic carbocycles. The average Bonchev–Trinajstić information content (AvgIpc) is 3.47. The first kappa shape index (κ1) is 20.9. The summed E-state index contributed by atoms with van der Waals surface area (Å²) in [7, 11) is 0. The summed E-state index contributed by atoms with van der Waals surface area (Å²) in [4.78, 5) is 31.4. The highest BCUT2D eigenvalue weighted by molar-refractivity contribution is 6.31. The Kier molecular flexibility index (Phi) is 6.38. The first-order valence-corrected chi connectivity index (χ1v) is 11.1. The molecule has 1 unspecified atom stereocenters. The van der Waals surface area contributed by atoms with Crippen molar-refractivity contribution in [2.24, 2.45) is 11.3 Å². The Hall–Kier alpha value is -2.40. The Bertz CT molecular complexity index is 894. The number of hydrogen-bond acceptors (Lipinski definition) is 3. The third-order valence-corrected chi connectivity index (χ3v) is 6.96. The molecule has 2 fully saturated rings. The van der Waals surface area contributed by atoms with E-state index in [1.807, 2.05) is 47.4 Å². The van der Waals surface area contributed by atoms with Crippen LogP contribution in [0, 0.1) is 11.3 Å². The summed E-state index contributed by atoms with van der Waals surface area (Å²) in [5, 5.41) is 3.79. The van der Waals surface area contributed by atoms with Gasteiger partial charge in [-0.05, 0) is 54.9 Å². The normalized spacial score (nSPS) is 19.5. The number of nitrogens with one attached hydrogen (secondary N) is 1. The van der Waals surface area contributed by atoms with Crippen LogP contribution in [0.4, 0.5) is 0 Å². The molecule has 1 N–H and O–H groups in total. The van der Waals surface area contributed by atoms with E-state index in [-0.39, 0.29) is 23.1 Å². The fraction of sp³-hybridized carbons (Fsp3) is 0.458. The molecule has 0 bridgehead atoms. The molecule has 158 valence electrons. The minimum absolute atomic E-state index is 0.0987. The highest BCUT2D eigenvalue weighted by Gasteiger charge is 2.58. The second-order valence-corrected chi connectivity index (χ2v) is 8.86. The number of hydrogen-bond donors (Lipinski definition) is 1. The zero-order chi connectivity index (χ0) is 21.0. The first-order valence-electron chi connectivity index (χ1n) is 10.8. The molecule has 2 aliphatic rings. The number of nitrogens with zero attached hydrogens (tertiary/aromatic N) is 2. The van der Waals surface area contributed by atoms with Crippen LogP contribution < -0.4 is 5.32 Å². The molecule has 1 saturated carbocycles. The number of piperidine rings is 1. The fourth-order valence-corrected chi connectivity index (χ4v) is 4.79.